The van der Waals surface area contributed by atoms with Crippen LogP contribution in [0.15, 0.2) is 53.9 Å². The molecule has 0 saturated carbocycles. The van der Waals surface area contributed by atoms with Crippen LogP contribution < -0.4 is 16.0 Å². The number of hydrogen-bond acceptors (Lipinski definition) is 5. The normalized spacial score (nSPS) is 22.3. The molecule has 6 nitrogen and oxygen atoms in total. The second kappa shape index (κ2) is 8.22. The maximum atomic E-state index is 13.3. The third-order valence-corrected chi connectivity index (χ3v) is 6.30. The van der Waals surface area contributed by atoms with Gasteiger partial charge in [-0.05, 0) is 36.2 Å². The molecule has 0 aromatic heterocycles. The SMILES string of the molecule is CC(=O)N1c2cccc(O)c2NC2=C(C(=O)CC(C)(C)C2)C1C(I)/C=C\C=C/N. The Bertz CT molecular complexity index is 933. The molecule has 3 rings (SSSR count). The first-order valence-electron chi connectivity index (χ1n) is 9.50. The van der Waals surface area contributed by atoms with Crippen LogP contribution in [0.3, 0.4) is 0 Å². The lowest BCUT2D eigenvalue weighted by Gasteiger charge is -2.38. The van der Waals surface area contributed by atoms with E-state index in [9.17, 15) is 14.7 Å². The number of allylic oxidation sites excluding steroid dienone is 3. The van der Waals surface area contributed by atoms with Crippen LogP contribution >= 0.6 is 22.6 Å². The number of phenols is 1. The van der Waals surface area contributed by atoms with Crippen LogP contribution in [-0.4, -0.2) is 26.8 Å². The number of phenolic OH excluding ortho intramolecular Hbond substituents is 1. The van der Waals surface area contributed by atoms with Gasteiger partial charge in [-0.3, -0.25) is 9.59 Å². The molecule has 0 radical (unpaired) electrons. The minimum atomic E-state index is -0.496. The highest BCUT2D eigenvalue weighted by molar-refractivity contribution is 14.1. The minimum absolute atomic E-state index is 0.0247. The lowest BCUT2D eigenvalue weighted by molar-refractivity contribution is -0.118. The molecule has 1 aromatic carbocycles. The van der Waals surface area contributed by atoms with Gasteiger partial charge < -0.3 is 21.1 Å². The first-order valence-corrected chi connectivity index (χ1v) is 10.7. The molecule has 1 aliphatic heterocycles. The first-order chi connectivity index (χ1) is 13.7. The number of nitrogens with zero attached hydrogens (tertiary/aromatic N) is 1. The summed E-state index contributed by atoms with van der Waals surface area (Å²) in [5.41, 5.74) is 7.62. The maximum absolute atomic E-state index is 13.3. The molecule has 0 fully saturated rings. The summed E-state index contributed by atoms with van der Waals surface area (Å²) in [6.07, 6.45) is 7.95. The van der Waals surface area contributed by atoms with Gasteiger partial charge in [0.05, 0.1) is 15.7 Å². The number of Topliss-reactive ketones (excluding diaryl/α,β-unsaturated/α-hetero) is 1. The van der Waals surface area contributed by atoms with Crippen molar-refractivity contribution in [2.24, 2.45) is 11.1 Å². The quantitative estimate of drug-likeness (QED) is 0.249. The van der Waals surface area contributed by atoms with E-state index in [4.69, 9.17) is 5.73 Å². The molecular weight excluding hydrogens is 481 g/mol. The van der Waals surface area contributed by atoms with Gasteiger partial charge in [-0.2, -0.15) is 0 Å². The predicted molar refractivity (Wildman–Crippen MR) is 124 cm³/mol. The minimum Gasteiger partial charge on any atom is -0.506 e. The van der Waals surface area contributed by atoms with Crippen LogP contribution in [0.2, 0.25) is 0 Å². The van der Waals surface area contributed by atoms with E-state index in [0.29, 0.717) is 29.8 Å². The van der Waals surface area contributed by atoms with Crippen molar-refractivity contribution in [1.29, 1.82) is 0 Å². The zero-order valence-corrected chi connectivity index (χ0v) is 18.9. The van der Waals surface area contributed by atoms with E-state index in [1.54, 1.807) is 29.2 Å². The molecule has 2 atom stereocenters. The van der Waals surface area contributed by atoms with Crippen LogP contribution in [0.25, 0.3) is 0 Å². The number of carbonyl (C=O) groups is 2. The number of anilines is 2. The molecular formula is C22H26IN3O3. The average molecular weight is 507 g/mol. The van der Waals surface area contributed by atoms with Gasteiger partial charge in [0.2, 0.25) is 5.91 Å². The van der Waals surface area contributed by atoms with Gasteiger partial charge >= 0.3 is 0 Å². The summed E-state index contributed by atoms with van der Waals surface area (Å²) in [7, 11) is 0. The fraction of sp³-hybridized carbons (Fsp3) is 0.364. The number of nitrogens with two attached hydrogens (primary N) is 1. The van der Waals surface area contributed by atoms with Gasteiger partial charge in [0, 0.05) is 24.6 Å². The van der Waals surface area contributed by atoms with Crippen LogP contribution in [0.1, 0.15) is 33.6 Å². The Morgan fingerprint density at radius 3 is 2.76 bits per heavy atom. The van der Waals surface area contributed by atoms with Gasteiger partial charge in [-0.1, -0.05) is 54.7 Å². The highest BCUT2D eigenvalue weighted by atomic mass is 127. The van der Waals surface area contributed by atoms with Gasteiger partial charge in [0.15, 0.2) is 5.78 Å². The number of carbonyl (C=O) groups excluding carboxylic acids is 2. The summed E-state index contributed by atoms with van der Waals surface area (Å²) in [5.74, 6) is -0.125. The standard InChI is InChI=1S/C22H26IN3O3/c1-13(27)26-16-8-6-9-17(28)20(16)25-15-11-22(2,3)12-18(29)19(15)21(26)14(23)7-4-5-10-24/h4-10,14,21,25,28H,11-12,24H2,1-3H3/b7-4-,10-5-. The van der Waals surface area contributed by atoms with Gasteiger partial charge in [0.25, 0.3) is 0 Å². The smallest absolute Gasteiger partial charge is 0.224 e. The van der Waals surface area contributed by atoms with Crippen molar-refractivity contribution in [3.05, 3.63) is 53.9 Å². The number of para-hydroxylation sites is 1. The number of hydrogen-bond donors (Lipinski definition) is 3. The van der Waals surface area contributed by atoms with Crippen molar-refractivity contribution in [2.45, 2.75) is 43.6 Å². The van der Waals surface area contributed by atoms with Crippen molar-refractivity contribution in [2.75, 3.05) is 10.2 Å². The van der Waals surface area contributed by atoms with Crippen molar-refractivity contribution < 1.29 is 14.7 Å². The zero-order valence-electron chi connectivity index (χ0n) is 16.8. The second-order valence-corrected chi connectivity index (χ2v) is 9.62. The summed E-state index contributed by atoms with van der Waals surface area (Å²) in [6.45, 7) is 5.59. The van der Waals surface area contributed by atoms with Crippen LogP contribution in [0.5, 0.6) is 5.75 Å². The number of rotatable bonds is 3. The fourth-order valence-corrected chi connectivity index (χ4v) is 5.00. The number of amides is 1. The van der Waals surface area contributed by atoms with Crippen molar-refractivity contribution >= 4 is 45.7 Å². The number of nitrogens with one attached hydrogen (secondary N) is 1. The third kappa shape index (κ3) is 4.19. The molecule has 0 spiro atoms. The lowest BCUT2D eigenvalue weighted by Crippen LogP contribution is -2.48. The molecule has 0 bridgehead atoms. The topological polar surface area (TPSA) is 95.7 Å². The number of aromatic hydroxyl groups is 1. The molecule has 7 heteroatoms. The van der Waals surface area contributed by atoms with E-state index in [0.717, 1.165) is 5.70 Å². The van der Waals surface area contributed by atoms with Crippen LogP contribution in [0, 0.1) is 5.41 Å². The highest BCUT2D eigenvalue weighted by Gasteiger charge is 2.44. The molecule has 1 aliphatic carbocycles. The van der Waals surface area contributed by atoms with Crippen molar-refractivity contribution in [3.63, 3.8) is 0 Å². The highest BCUT2D eigenvalue weighted by Crippen LogP contribution is 2.47. The molecule has 154 valence electrons. The van der Waals surface area contributed by atoms with Crippen molar-refractivity contribution in [3.8, 4) is 5.75 Å². The number of fused-ring (bicyclic) bond motifs is 1. The lowest BCUT2D eigenvalue weighted by atomic mass is 9.73. The predicted octanol–water partition coefficient (Wildman–Crippen LogP) is 4.01. The molecule has 1 heterocycles. The molecule has 0 saturated heterocycles. The number of ketones is 1. The monoisotopic (exact) mass is 507 g/mol. The summed E-state index contributed by atoms with van der Waals surface area (Å²) in [5, 5.41) is 13.8. The van der Waals surface area contributed by atoms with Crippen LogP contribution in [0.4, 0.5) is 11.4 Å². The van der Waals surface area contributed by atoms with E-state index >= 15 is 0 Å². The molecule has 2 unspecified atom stereocenters. The van der Waals surface area contributed by atoms with E-state index in [2.05, 4.69) is 41.8 Å². The third-order valence-electron chi connectivity index (χ3n) is 5.21. The average Bonchev–Trinajstić information content (AvgIpc) is 2.76. The number of halogens is 1. The Morgan fingerprint density at radius 2 is 2.10 bits per heavy atom. The zero-order chi connectivity index (χ0) is 21.3. The Balaban J connectivity index is 2.27. The second-order valence-electron chi connectivity index (χ2n) is 8.18. The van der Waals surface area contributed by atoms with Crippen LogP contribution in [-0.2, 0) is 9.59 Å². The first kappa shape index (κ1) is 21.4. The van der Waals surface area contributed by atoms with E-state index < -0.39 is 6.04 Å². The Kier molecular flexibility index (Phi) is 6.07. The molecule has 1 amide bonds. The molecule has 1 aromatic rings. The largest absolute Gasteiger partial charge is 0.506 e. The molecule has 29 heavy (non-hydrogen) atoms. The van der Waals surface area contributed by atoms with Crippen molar-refractivity contribution in [1.82, 2.24) is 0 Å². The van der Waals surface area contributed by atoms with Gasteiger partial charge in [-0.15, -0.1) is 0 Å². The summed E-state index contributed by atoms with van der Waals surface area (Å²) in [6, 6.07) is 4.57. The van der Waals surface area contributed by atoms with Gasteiger partial charge in [-0.25, -0.2) is 0 Å². The summed E-state index contributed by atoms with van der Waals surface area (Å²) < 4.78 is -0.182. The summed E-state index contributed by atoms with van der Waals surface area (Å²) in [4.78, 5) is 27.7. The Morgan fingerprint density at radius 1 is 1.38 bits per heavy atom. The van der Waals surface area contributed by atoms with E-state index in [1.807, 2.05) is 12.2 Å². The Hall–Kier alpha value is -2.29. The Labute approximate surface area is 184 Å². The number of alkyl halides is 1. The molecule has 4 N–H and O–H groups in total. The van der Waals surface area contributed by atoms with Gasteiger partial charge in [0.1, 0.15) is 11.4 Å². The maximum Gasteiger partial charge on any atom is 0.224 e. The molecule has 2 aliphatic rings. The fourth-order valence-electron chi connectivity index (χ4n) is 4.08. The number of benzene rings is 1. The summed E-state index contributed by atoms with van der Waals surface area (Å²) >= 11 is 2.25. The van der Waals surface area contributed by atoms with E-state index in [-0.39, 0.29) is 26.8 Å². The van der Waals surface area contributed by atoms with E-state index in [1.165, 1.54) is 13.1 Å².